The molecule has 3 aromatic rings. The molecule has 0 saturated carbocycles. The third kappa shape index (κ3) is 2.27. The number of benzene rings is 2. The fourth-order valence-electron chi connectivity index (χ4n) is 2.14. The van der Waals surface area contributed by atoms with Crippen LogP contribution in [0.1, 0.15) is 5.56 Å². The molecule has 0 fully saturated rings. The molecule has 0 aliphatic carbocycles. The van der Waals surface area contributed by atoms with Gasteiger partial charge in [0.1, 0.15) is 5.52 Å². The molecule has 2 aromatic carbocycles. The van der Waals surface area contributed by atoms with E-state index in [1.165, 1.54) is 0 Å². The highest BCUT2D eigenvalue weighted by Gasteiger charge is 2.16. The lowest BCUT2D eigenvalue weighted by Gasteiger charge is -2.17. The highest BCUT2D eigenvalue weighted by atomic mass is 16.4. The highest BCUT2D eigenvalue weighted by molar-refractivity contribution is 6.02. The maximum atomic E-state index is 8.88. The first-order valence-corrected chi connectivity index (χ1v) is 6.37. The lowest BCUT2D eigenvalue weighted by Crippen LogP contribution is -2.19. The number of anilines is 2. The minimum atomic E-state index is 0.0357. The van der Waals surface area contributed by atoms with Gasteiger partial charge in [0, 0.05) is 12.6 Å². The summed E-state index contributed by atoms with van der Waals surface area (Å²) in [5.41, 5.74) is 8.53. The van der Waals surface area contributed by atoms with Crippen molar-refractivity contribution >= 4 is 28.6 Å². The molecule has 0 spiro atoms. The van der Waals surface area contributed by atoms with Gasteiger partial charge in [-0.1, -0.05) is 29.4 Å². The second-order valence-corrected chi connectivity index (χ2v) is 4.53. The standard InChI is InChI=1S/C15H14N4O2/c1-19(12-8-4-2-6-10(12)14(16)18-20)15-17-11-7-3-5-9-13(11)21-15/h2-9,20H,1H3,(H2,16,18). The van der Waals surface area contributed by atoms with E-state index in [0.29, 0.717) is 17.2 Å². The Morgan fingerprint density at radius 1 is 1.19 bits per heavy atom. The lowest BCUT2D eigenvalue weighted by molar-refractivity contribution is 0.318. The fourth-order valence-corrected chi connectivity index (χ4v) is 2.14. The van der Waals surface area contributed by atoms with Crippen molar-refractivity contribution in [3.05, 3.63) is 54.1 Å². The van der Waals surface area contributed by atoms with Crippen LogP contribution in [0.25, 0.3) is 11.1 Å². The van der Waals surface area contributed by atoms with Crippen LogP contribution in [0, 0.1) is 0 Å². The summed E-state index contributed by atoms with van der Waals surface area (Å²) in [6.07, 6.45) is 0. The van der Waals surface area contributed by atoms with E-state index in [1.807, 2.05) is 49.5 Å². The number of oxime groups is 1. The van der Waals surface area contributed by atoms with Gasteiger partial charge in [0.15, 0.2) is 11.4 Å². The van der Waals surface area contributed by atoms with Gasteiger partial charge >= 0.3 is 6.01 Å². The molecular weight excluding hydrogens is 268 g/mol. The van der Waals surface area contributed by atoms with E-state index in [9.17, 15) is 0 Å². The van der Waals surface area contributed by atoms with Gasteiger partial charge in [0.05, 0.1) is 5.69 Å². The van der Waals surface area contributed by atoms with Crippen molar-refractivity contribution in [1.29, 1.82) is 0 Å². The zero-order valence-corrected chi connectivity index (χ0v) is 11.4. The van der Waals surface area contributed by atoms with Crippen LogP contribution >= 0.6 is 0 Å². The molecule has 1 heterocycles. The molecule has 0 radical (unpaired) electrons. The molecule has 6 heteroatoms. The molecule has 106 valence electrons. The Bertz CT molecular complexity index is 777. The maximum absolute atomic E-state index is 8.88. The first-order chi connectivity index (χ1) is 10.2. The van der Waals surface area contributed by atoms with E-state index in [-0.39, 0.29) is 5.84 Å². The zero-order chi connectivity index (χ0) is 14.8. The van der Waals surface area contributed by atoms with Crippen LogP contribution in [0.5, 0.6) is 0 Å². The van der Waals surface area contributed by atoms with Crippen molar-refractivity contribution in [2.24, 2.45) is 10.9 Å². The molecule has 0 aliphatic rings. The van der Waals surface area contributed by atoms with Crippen molar-refractivity contribution in [2.45, 2.75) is 0 Å². The number of para-hydroxylation sites is 3. The van der Waals surface area contributed by atoms with Crippen molar-refractivity contribution in [2.75, 3.05) is 11.9 Å². The van der Waals surface area contributed by atoms with Crippen LogP contribution in [0.15, 0.2) is 58.1 Å². The number of fused-ring (bicyclic) bond motifs is 1. The van der Waals surface area contributed by atoms with Crippen LogP contribution in [-0.2, 0) is 0 Å². The van der Waals surface area contributed by atoms with Gasteiger partial charge in [-0.05, 0) is 24.3 Å². The van der Waals surface area contributed by atoms with Gasteiger partial charge in [0.2, 0.25) is 0 Å². The lowest BCUT2D eigenvalue weighted by atomic mass is 10.1. The summed E-state index contributed by atoms with van der Waals surface area (Å²) in [5, 5.41) is 11.9. The van der Waals surface area contributed by atoms with Crippen LogP contribution in [-0.4, -0.2) is 23.1 Å². The van der Waals surface area contributed by atoms with E-state index in [0.717, 1.165) is 11.2 Å². The molecule has 0 unspecified atom stereocenters. The Morgan fingerprint density at radius 2 is 1.90 bits per heavy atom. The summed E-state index contributed by atoms with van der Waals surface area (Å²) in [6, 6.07) is 15.3. The largest absolute Gasteiger partial charge is 0.423 e. The smallest absolute Gasteiger partial charge is 0.302 e. The predicted molar refractivity (Wildman–Crippen MR) is 81.0 cm³/mol. The molecule has 0 bridgehead atoms. The molecule has 0 atom stereocenters. The minimum absolute atomic E-state index is 0.0357. The highest BCUT2D eigenvalue weighted by Crippen LogP contribution is 2.29. The van der Waals surface area contributed by atoms with E-state index in [4.69, 9.17) is 15.4 Å². The summed E-state index contributed by atoms with van der Waals surface area (Å²) < 4.78 is 5.72. The third-order valence-corrected chi connectivity index (χ3v) is 3.22. The van der Waals surface area contributed by atoms with Crippen molar-refractivity contribution in [3.8, 4) is 0 Å². The first-order valence-electron chi connectivity index (χ1n) is 6.37. The quantitative estimate of drug-likeness (QED) is 0.334. The number of amidine groups is 1. The summed E-state index contributed by atoms with van der Waals surface area (Å²) in [7, 11) is 1.81. The molecule has 0 amide bonds. The van der Waals surface area contributed by atoms with Crippen molar-refractivity contribution < 1.29 is 9.62 Å². The number of nitrogens with zero attached hydrogens (tertiary/aromatic N) is 3. The SMILES string of the molecule is CN(c1nc2ccccc2o1)c1ccccc1/C(N)=N/O. The van der Waals surface area contributed by atoms with Crippen LogP contribution in [0.4, 0.5) is 11.7 Å². The summed E-state index contributed by atoms with van der Waals surface area (Å²) in [4.78, 5) is 6.19. The number of nitrogens with two attached hydrogens (primary N) is 1. The van der Waals surface area contributed by atoms with Gasteiger partial charge in [-0.2, -0.15) is 4.98 Å². The first kappa shape index (κ1) is 13.0. The Morgan fingerprint density at radius 3 is 2.67 bits per heavy atom. The molecule has 0 aliphatic heterocycles. The Kier molecular flexibility index (Phi) is 3.19. The van der Waals surface area contributed by atoms with Gasteiger partial charge in [-0.15, -0.1) is 0 Å². The fraction of sp³-hybridized carbons (Fsp3) is 0.0667. The van der Waals surface area contributed by atoms with Crippen molar-refractivity contribution in [3.63, 3.8) is 0 Å². The number of hydrogen-bond donors (Lipinski definition) is 2. The number of aromatic nitrogens is 1. The molecule has 21 heavy (non-hydrogen) atoms. The van der Waals surface area contributed by atoms with E-state index in [2.05, 4.69) is 10.1 Å². The summed E-state index contributed by atoms with van der Waals surface area (Å²) in [5.74, 6) is 0.0357. The predicted octanol–water partition coefficient (Wildman–Crippen LogP) is 2.69. The second-order valence-electron chi connectivity index (χ2n) is 4.53. The monoisotopic (exact) mass is 282 g/mol. The Balaban J connectivity index is 2.08. The topological polar surface area (TPSA) is 87.9 Å². The Labute approximate surface area is 121 Å². The van der Waals surface area contributed by atoms with Gasteiger partial charge in [-0.3, -0.25) is 4.90 Å². The number of rotatable bonds is 3. The van der Waals surface area contributed by atoms with Gasteiger partial charge in [-0.25, -0.2) is 0 Å². The zero-order valence-electron chi connectivity index (χ0n) is 11.4. The Hall–Kier alpha value is -3.02. The molecule has 3 N–H and O–H groups in total. The molecule has 0 saturated heterocycles. The van der Waals surface area contributed by atoms with E-state index < -0.39 is 0 Å². The number of oxazole rings is 1. The minimum Gasteiger partial charge on any atom is -0.423 e. The van der Waals surface area contributed by atoms with Gasteiger partial charge < -0.3 is 15.4 Å². The van der Waals surface area contributed by atoms with E-state index >= 15 is 0 Å². The van der Waals surface area contributed by atoms with E-state index in [1.54, 1.807) is 11.0 Å². The van der Waals surface area contributed by atoms with Gasteiger partial charge in [0.25, 0.3) is 0 Å². The average molecular weight is 282 g/mol. The van der Waals surface area contributed by atoms with Crippen molar-refractivity contribution in [1.82, 2.24) is 4.98 Å². The van der Waals surface area contributed by atoms with Crippen LogP contribution in [0.3, 0.4) is 0 Å². The number of hydrogen-bond acceptors (Lipinski definition) is 5. The normalized spacial score (nSPS) is 11.8. The summed E-state index contributed by atoms with van der Waals surface area (Å²) in [6.45, 7) is 0. The molecular formula is C15H14N4O2. The van der Waals surface area contributed by atoms with Crippen LogP contribution < -0.4 is 10.6 Å². The molecule has 3 rings (SSSR count). The maximum Gasteiger partial charge on any atom is 0.302 e. The third-order valence-electron chi connectivity index (χ3n) is 3.22. The molecule has 6 nitrogen and oxygen atoms in total. The second kappa shape index (κ2) is 5.16. The molecule has 1 aromatic heterocycles. The summed E-state index contributed by atoms with van der Waals surface area (Å²) >= 11 is 0. The average Bonchev–Trinajstić information content (AvgIpc) is 2.97. The van der Waals surface area contributed by atoms with Crippen LogP contribution in [0.2, 0.25) is 0 Å².